The number of halogens is 2. The Labute approximate surface area is 132 Å². The van der Waals surface area contributed by atoms with Gasteiger partial charge in [0, 0.05) is 26.3 Å². The van der Waals surface area contributed by atoms with E-state index in [9.17, 15) is 0 Å². The maximum Gasteiger partial charge on any atom is 0.147 e. The first kappa shape index (κ1) is 17.0. The van der Waals surface area contributed by atoms with Crippen molar-refractivity contribution in [2.75, 3.05) is 20.3 Å². The third kappa shape index (κ3) is 5.81. The topological polar surface area (TPSA) is 30.5 Å². The third-order valence-corrected chi connectivity index (χ3v) is 3.93. The number of methoxy groups -OCH3 is 1. The molecule has 0 aliphatic rings. The minimum absolute atomic E-state index is 0.434. The van der Waals surface area contributed by atoms with Crippen LogP contribution in [0.5, 0.6) is 5.75 Å². The summed E-state index contributed by atoms with van der Waals surface area (Å²) >= 11 is 7.09. The number of hydrogen-bond acceptors (Lipinski definition) is 3. The van der Waals surface area contributed by atoms with Gasteiger partial charge in [-0.15, -0.1) is 0 Å². The predicted molar refractivity (Wildman–Crippen MR) is 85.8 cm³/mol. The summed E-state index contributed by atoms with van der Waals surface area (Å²) in [6.07, 6.45) is 1.01. The van der Waals surface area contributed by atoms with Crippen LogP contribution in [-0.2, 0) is 11.3 Å². The Kier molecular flexibility index (Phi) is 7.99. The second-order valence-corrected chi connectivity index (χ2v) is 6.09. The molecule has 5 heteroatoms. The third-order valence-electron chi connectivity index (χ3n) is 2.76. The van der Waals surface area contributed by atoms with Gasteiger partial charge in [-0.2, -0.15) is 0 Å². The lowest BCUT2D eigenvalue weighted by atomic mass is 10.2. The fraction of sp³-hybridized carbons (Fsp3) is 0.571. The van der Waals surface area contributed by atoms with E-state index in [0.717, 1.165) is 34.3 Å². The molecule has 0 bridgehead atoms. The van der Waals surface area contributed by atoms with Crippen molar-refractivity contribution in [2.45, 2.75) is 32.9 Å². The average molecular weight is 395 g/mol. The molecule has 108 valence electrons. The van der Waals surface area contributed by atoms with Crippen LogP contribution in [0.4, 0.5) is 0 Å². The zero-order chi connectivity index (χ0) is 14.3. The van der Waals surface area contributed by atoms with Crippen molar-refractivity contribution < 1.29 is 9.47 Å². The summed E-state index contributed by atoms with van der Waals surface area (Å²) in [5.74, 6) is 0.860. The summed E-state index contributed by atoms with van der Waals surface area (Å²) in [5, 5.41) is 3.48. The highest BCUT2D eigenvalue weighted by molar-refractivity contribution is 9.11. The normalized spacial score (nSPS) is 12.5. The van der Waals surface area contributed by atoms with Crippen LogP contribution < -0.4 is 10.1 Å². The molecule has 1 aromatic rings. The van der Waals surface area contributed by atoms with Crippen LogP contribution in [-0.4, -0.2) is 26.4 Å². The van der Waals surface area contributed by atoms with E-state index in [2.05, 4.69) is 56.2 Å². The van der Waals surface area contributed by atoms with Crippen LogP contribution in [0.25, 0.3) is 0 Å². The molecule has 0 spiro atoms. The largest absolute Gasteiger partial charge is 0.492 e. The van der Waals surface area contributed by atoms with Gasteiger partial charge in [0.25, 0.3) is 0 Å². The van der Waals surface area contributed by atoms with E-state index in [1.807, 2.05) is 6.92 Å². The molecule has 3 nitrogen and oxygen atoms in total. The average Bonchev–Trinajstić information content (AvgIpc) is 2.38. The van der Waals surface area contributed by atoms with E-state index in [-0.39, 0.29) is 0 Å². The van der Waals surface area contributed by atoms with E-state index in [1.54, 1.807) is 7.11 Å². The van der Waals surface area contributed by atoms with Crippen LogP contribution in [0.3, 0.4) is 0 Å². The Morgan fingerprint density at radius 3 is 2.42 bits per heavy atom. The molecule has 19 heavy (non-hydrogen) atoms. The Balaban J connectivity index is 2.60. The first-order valence-corrected chi connectivity index (χ1v) is 8.00. The van der Waals surface area contributed by atoms with Gasteiger partial charge in [0.1, 0.15) is 5.75 Å². The van der Waals surface area contributed by atoms with Gasteiger partial charge in [0.2, 0.25) is 0 Å². The van der Waals surface area contributed by atoms with Gasteiger partial charge in [-0.1, -0.05) is 0 Å². The number of benzene rings is 1. The fourth-order valence-electron chi connectivity index (χ4n) is 1.69. The SMILES string of the molecule is CCOc1c(Br)cc(CNC(C)CCOC)cc1Br. The quantitative estimate of drug-likeness (QED) is 0.719. The van der Waals surface area contributed by atoms with Crippen molar-refractivity contribution >= 4 is 31.9 Å². The summed E-state index contributed by atoms with van der Waals surface area (Å²) in [6, 6.07) is 4.61. The summed E-state index contributed by atoms with van der Waals surface area (Å²) in [7, 11) is 1.73. The van der Waals surface area contributed by atoms with E-state index < -0.39 is 0 Å². The van der Waals surface area contributed by atoms with Crippen LogP contribution in [0.2, 0.25) is 0 Å². The van der Waals surface area contributed by atoms with E-state index in [1.165, 1.54) is 5.56 Å². The Morgan fingerprint density at radius 1 is 1.26 bits per heavy atom. The molecular weight excluding hydrogens is 374 g/mol. The molecule has 0 saturated carbocycles. The summed E-state index contributed by atoms with van der Waals surface area (Å²) in [5.41, 5.74) is 1.21. The highest BCUT2D eigenvalue weighted by atomic mass is 79.9. The van der Waals surface area contributed by atoms with Crippen molar-refractivity contribution in [3.8, 4) is 5.75 Å². The lowest BCUT2D eigenvalue weighted by Gasteiger charge is -2.15. The maximum atomic E-state index is 5.57. The molecule has 0 aliphatic heterocycles. The molecule has 0 heterocycles. The van der Waals surface area contributed by atoms with E-state index in [4.69, 9.17) is 9.47 Å². The summed E-state index contributed by atoms with van der Waals surface area (Å²) in [6.45, 7) is 6.41. The lowest BCUT2D eigenvalue weighted by molar-refractivity contribution is 0.184. The van der Waals surface area contributed by atoms with Crippen molar-refractivity contribution in [1.82, 2.24) is 5.32 Å². The van der Waals surface area contributed by atoms with Gasteiger partial charge in [-0.25, -0.2) is 0 Å². The zero-order valence-corrected chi connectivity index (χ0v) is 14.8. The standard InChI is InChI=1S/C14H21Br2NO2/c1-4-19-14-12(15)7-11(8-13(14)16)9-17-10(2)5-6-18-3/h7-8,10,17H,4-6,9H2,1-3H3. The van der Waals surface area contributed by atoms with Gasteiger partial charge in [-0.3, -0.25) is 0 Å². The van der Waals surface area contributed by atoms with Crippen molar-refractivity contribution in [3.05, 3.63) is 26.6 Å². The van der Waals surface area contributed by atoms with Gasteiger partial charge in [0.05, 0.1) is 15.6 Å². The molecular formula is C14H21Br2NO2. The van der Waals surface area contributed by atoms with Crippen molar-refractivity contribution in [3.63, 3.8) is 0 Å². The smallest absolute Gasteiger partial charge is 0.147 e. The monoisotopic (exact) mass is 393 g/mol. The number of ether oxygens (including phenoxy) is 2. The zero-order valence-electron chi connectivity index (χ0n) is 11.6. The molecule has 1 aromatic carbocycles. The molecule has 0 aromatic heterocycles. The minimum Gasteiger partial charge on any atom is -0.492 e. The molecule has 0 saturated heterocycles. The van der Waals surface area contributed by atoms with Crippen molar-refractivity contribution in [1.29, 1.82) is 0 Å². The van der Waals surface area contributed by atoms with E-state index >= 15 is 0 Å². The molecule has 0 amide bonds. The Morgan fingerprint density at radius 2 is 1.89 bits per heavy atom. The van der Waals surface area contributed by atoms with Gasteiger partial charge in [-0.05, 0) is 69.8 Å². The number of rotatable bonds is 8. The highest BCUT2D eigenvalue weighted by Gasteiger charge is 2.09. The molecule has 0 radical (unpaired) electrons. The number of nitrogens with one attached hydrogen (secondary N) is 1. The summed E-state index contributed by atoms with van der Waals surface area (Å²) < 4.78 is 12.6. The minimum atomic E-state index is 0.434. The Bertz CT molecular complexity index is 376. The molecule has 1 N–H and O–H groups in total. The van der Waals surface area contributed by atoms with Crippen LogP contribution >= 0.6 is 31.9 Å². The van der Waals surface area contributed by atoms with Crippen LogP contribution in [0.15, 0.2) is 21.1 Å². The first-order valence-electron chi connectivity index (χ1n) is 6.41. The van der Waals surface area contributed by atoms with Gasteiger partial charge >= 0.3 is 0 Å². The van der Waals surface area contributed by atoms with E-state index in [0.29, 0.717) is 12.6 Å². The Hall–Kier alpha value is -0.100. The van der Waals surface area contributed by atoms with Crippen molar-refractivity contribution in [2.24, 2.45) is 0 Å². The van der Waals surface area contributed by atoms with Crippen LogP contribution in [0.1, 0.15) is 25.8 Å². The number of hydrogen-bond donors (Lipinski definition) is 1. The fourth-order valence-corrected chi connectivity index (χ4v) is 3.20. The van der Waals surface area contributed by atoms with Gasteiger partial charge < -0.3 is 14.8 Å². The van der Waals surface area contributed by atoms with Crippen LogP contribution in [0, 0.1) is 0 Å². The second kappa shape index (κ2) is 8.95. The molecule has 1 unspecified atom stereocenters. The van der Waals surface area contributed by atoms with Gasteiger partial charge in [0.15, 0.2) is 0 Å². The second-order valence-electron chi connectivity index (χ2n) is 4.39. The molecule has 0 aliphatic carbocycles. The lowest BCUT2D eigenvalue weighted by Crippen LogP contribution is -2.26. The predicted octanol–water partition coefficient (Wildman–Crippen LogP) is 4.12. The molecule has 1 atom stereocenters. The molecule has 0 fully saturated rings. The maximum absolute atomic E-state index is 5.57. The molecule has 1 rings (SSSR count). The highest BCUT2D eigenvalue weighted by Crippen LogP contribution is 2.34. The summed E-state index contributed by atoms with van der Waals surface area (Å²) in [4.78, 5) is 0. The first-order chi connectivity index (χ1) is 9.08.